The minimum absolute atomic E-state index is 0.0163. The van der Waals surface area contributed by atoms with Crippen molar-refractivity contribution in [2.24, 2.45) is 0 Å². The number of benzene rings is 1. The highest BCUT2D eigenvalue weighted by molar-refractivity contribution is 6.08. The van der Waals surface area contributed by atoms with Gasteiger partial charge in [-0.2, -0.15) is 0 Å². The topological polar surface area (TPSA) is 105 Å². The van der Waals surface area contributed by atoms with Crippen LogP contribution in [-0.2, 0) is 24.7 Å². The molecule has 1 aromatic rings. The van der Waals surface area contributed by atoms with E-state index >= 15 is 0 Å². The Morgan fingerprint density at radius 2 is 1.89 bits per heavy atom. The molecule has 1 aliphatic rings. The SMILES string of the molecule is CCC[C@H](C)NC(=O)COC(=O)CN1C(=O)N[C@@](C)(c2ccc(C)cc2)C1=O. The van der Waals surface area contributed by atoms with E-state index in [0.29, 0.717) is 5.56 Å². The number of hydrogen-bond acceptors (Lipinski definition) is 5. The van der Waals surface area contributed by atoms with Crippen LogP contribution in [0.25, 0.3) is 0 Å². The van der Waals surface area contributed by atoms with Crippen LogP contribution in [0.1, 0.15) is 44.7 Å². The van der Waals surface area contributed by atoms with Crippen molar-refractivity contribution in [2.75, 3.05) is 13.2 Å². The molecule has 0 aromatic heterocycles. The number of carbonyl (C=O) groups excluding carboxylic acids is 4. The van der Waals surface area contributed by atoms with E-state index in [-0.39, 0.29) is 6.04 Å². The van der Waals surface area contributed by atoms with Crippen LogP contribution >= 0.6 is 0 Å². The number of urea groups is 1. The predicted octanol–water partition coefficient (Wildman–Crippen LogP) is 1.61. The molecule has 1 saturated heterocycles. The molecule has 28 heavy (non-hydrogen) atoms. The van der Waals surface area contributed by atoms with Crippen molar-refractivity contribution in [3.63, 3.8) is 0 Å². The number of amides is 4. The van der Waals surface area contributed by atoms with Crippen molar-refractivity contribution in [1.82, 2.24) is 15.5 Å². The molecular formula is C20H27N3O5. The maximum atomic E-state index is 12.8. The molecule has 1 heterocycles. The van der Waals surface area contributed by atoms with Gasteiger partial charge >= 0.3 is 12.0 Å². The number of nitrogens with zero attached hydrogens (tertiary/aromatic N) is 1. The molecule has 4 amide bonds. The minimum atomic E-state index is -1.25. The maximum Gasteiger partial charge on any atom is 0.326 e. The van der Waals surface area contributed by atoms with E-state index in [4.69, 9.17) is 4.74 Å². The van der Waals surface area contributed by atoms with E-state index in [1.807, 2.05) is 32.9 Å². The second kappa shape index (κ2) is 8.86. The lowest BCUT2D eigenvalue weighted by molar-refractivity contribution is -0.151. The molecule has 0 bridgehead atoms. The number of nitrogens with one attached hydrogen (secondary N) is 2. The molecule has 0 radical (unpaired) electrons. The lowest BCUT2D eigenvalue weighted by Crippen LogP contribution is -2.42. The van der Waals surface area contributed by atoms with Crippen molar-refractivity contribution >= 4 is 23.8 Å². The first kappa shape index (κ1) is 21.4. The first-order valence-corrected chi connectivity index (χ1v) is 9.33. The zero-order valence-electron chi connectivity index (χ0n) is 16.7. The molecule has 8 nitrogen and oxygen atoms in total. The normalized spacial score (nSPS) is 19.9. The molecule has 1 aromatic carbocycles. The summed E-state index contributed by atoms with van der Waals surface area (Å²) >= 11 is 0. The molecular weight excluding hydrogens is 362 g/mol. The second-order valence-electron chi connectivity index (χ2n) is 7.23. The van der Waals surface area contributed by atoms with Crippen LogP contribution in [0.2, 0.25) is 0 Å². The Bertz CT molecular complexity index is 762. The fourth-order valence-corrected chi connectivity index (χ4v) is 3.07. The Hall–Kier alpha value is -2.90. The molecule has 0 unspecified atom stereocenters. The summed E-state index contributed by atoms with van der Waals surface area (Å²) in [6.07, 6.45) is 1.74. The van der Waals surface area contributed by atoms with E-state index in [1.54, 1.807) is 19.1 Å². The Kier molecular flexibility index (Phi) is 6.77. The maximum absolute atomic E-state index is 12.8. The van der Waals surface area contributed by atoms with Gasteiger partial charge in [-0.15, -0.1) is 0 Å². The van der Waals surface area contributed by atoms with Crippen molar-refractivity contribution in [3.05, 3.63) is 35.4 Å². The molecule has 1 aliphatic heterocycles. The van der Waals surface area contributed by atoms with Crippen LogP contribution in [0.4, 0.5) is 4.79 Å². The van der Waals surface area contributed by atoms with Gasteiger partial charge < -0.3 is 15.4 Å². The Morgan fingerprint density at radius 3 is 2.50 bits per heavy atom. The number of imide groups is 1. The average molecular weight is 389 g/mol. The molecule has 2 N–H and O–H groups in total. The fraction of sp³-hybridized carbons (Fsp3) is 0.500. The first-order chi connectivity index (χ1) is 13.2. The highest BCUT2D eigenvalue weighted by Crippen LogP contribution is 2.28. The average Bonchev–Trinajstić information content (AvgIpc) is 2.84. The number of esters is 1. The Labute approximate surface area is 164 Å². The predicted molar refractivity (Wildman–Crippen MR) is 102 cm³/mol. The van der Waals surface area contributed by atoms with Crippen molar-refractivity contribution in [3.8, 4) is 0 Å². The molecule has 1 fully saturated rings. The third-order valence-corrected chi connectivity index (χ3v) is 4.68. The molecule has 152 valence electrons. The number of carbonyl (C=O) groups is 4. The number of aryl methyl sites for hydroxylation is 1. The molecule has 0 saturated carbocycles. The summed E-state index contributed by atoms with van der Waals surface area (Å²) in [5.74, 6) is -1.79. The van der Waals surface area contributed by atoms with Crippen LogP contribution in [-0.4, -0.2) is 47.9 Å². The summed E-state index contributed by atoms with van der Waals surface area (Å²) in [6.45, 7) is 6.37. The second-order valence-corrected chi connectivity index (χ2v) is 7.23. The number of rotatable bonds is 8. The van der Waals surface area contributed by atoms with Gasteiger partial charge in [0.05, 0.1) is 0 Å². The third kappa shape index (κ3) is 4.88. The van der Waals surface area contributed by atoms with Crippen molar-refractivity contribution in [1.29, 1.82) is 0 Å². The summed E-state index contributed by atoms with van der Waals surface area (Å²) in [5.41, 5.74) is 0.394. The van der Waals surface area contributed by atoms with E-state index in [1.165, 1.54) is 0 Å². The van der Waals surface area contributed by atoms with Gasteiger partial charge in [0.1, 0.15) is 12.1 Å². The Balaban J connectivity index is 1.94. The van der Waals surface area contributed by atoms with E-state index < -0.39 is 42.5 Å². The minimum Gasteiger partial charge on any atom is -0.454 e. The molecule has 0 spiro atoms. The van der Waals surface area contributed by atoms with E-state index in [2.05, 4.69) is 10.6 Å². The first-order valence-electron chi connectivity index (χ1n) is 9.33. The van der Waals surface area contributed by atoms with Gasteiger partial charge in [0.15, 0.2) is 6.61 Å². The van der Waals surface area contributed by atoms with E-state index in [0.717, 1.165) is 23.3 Å². The van der Waals surface area contributed by atoms with Gasteiger partial charge in [-0.05, 0) is 32.8 Å². The third-order valence-electron chi connectivity index (χ3n) is 4.68. The van der Waals surface area contributed by atoms with Crippen LogP contribution in [0.5, 0.6) is 0 Å². The van der Waals surface area contributed by atoms with Gasteiger partial charge in [0, 0.05) is 6.04 Å². The Morgan fingerprint density at radius 1 is 1.25 bits per heavy atom. The smallest absolute Gasteiger partial charge is 0.326 e. The quantitative estimate of drug-likeness (QED) is 0.519. The summed E-state index contributed by atoms with van der Waals surface area (Å²) in [6, 6.07) is 6.52. The lowest BCUT2D eigenvalue weighted by Gasteiger charge is -2.22. The standard InChI is InChI=1S/C20H27N3O5/c1-5-6-14(3)21-16(24)12-28-17(25)11-23-18(26)20(4,22-19(23)27)15-9-7-13(2)8-10-15/h7-10,14H,5-6,11-12H2,1-4H3,(H,21,24)(H,22,27)/t14-,20-/m0/s1. The number of hydrogen-bond donors (Lipinski definition) is 2. The monoisotopic (exact) mass is 389 g/mol. The zero-order chi connectivity index (χ0) is 20.9. The summed E-state index contributed by atoms with van der Waals surface area (Å²) in [4.78, 5) is 49.6. The van der Waals surface area contributed by atoms with Crippen molar-refractivity contribution < 1.29 is 23.9 Å². The van der Waals surface area contributed by atoms with Gasteiger partial charge in [-0.1, -0.05) is 43.2 Å². The van der Waals surface area contributed by atoms with Crippen LogP contribution in [0.3, 0.4) is 0 Å². The van der Waals surface area contributed by atoms with Gasteiger partial charge in [-0.3, -0.25) is 19.3 Å². The van der Waals surface area contributed by atoms with Gasteiger partial charge in [0.25, 0.3) is 11.8 Å². The largest absolute Gasteiger partial charge is 0.454 e. The molecule has 0 aliphatic carbocycles. The van der Waals surface area contributed by atoms with Crippen LogP contribution < -0.4 is 10.6 Å². The van der Waals surface area contributed by atoms with E-state index in [9.17, 15) is 19.2 Å². The fourth-order valence-electron chi connectivity index (χ4n) is 3.07. The zero-order valence-corrected chi connectivity index (χ0v) is 16.7. The summed E-state index contributed by atoms with van der Waals surface area (Å²) in [7, 11) is 0. The number of ether oxygens (including phenoxy) is 1. The lowest BCUT2D eigenvalue weighted by atomic mass is 9.91. The summed E-state index contributed by atoms with van der Waals surface area (Å²) in [5, 5.41) is 5.34. The van der Waals surface area contributed by atoms with Gasteiger partial charge in [-0.25, -0.2) is 4.79 Å². The van der Waals surface area contributed by atoms with Crippen LogP contribution in [0, 0.1) is 6.92 Å². The molecule has 8 heteroatoms. The van der Waals surface area contributed by atoms with Crippen molar-refractivity contribution in [2.45, 2.75) is 52.1 Å². The molecule has 2 rings (SSSR count). The van der Waals surface area contributed by atoms with Crippen LogP contribution in [0.15, 0.2) is 24.3 Å². The summed E-state index contributed by atoms with van der Waals surface area (Å²) < 4.78 is 4.91. The highest BCUT2D eigenvalue weighted by atomic mass is 16.5. The van der Waals surface area contributed by atoms with Gasteiger partial charge in [0.2, 0.25) is 0 Å². The molecule has 2 atom stereocenters. The highest BCUT2D eigenvalue weighted by Gasteiger charge is 2.49.